The van der Waals surface area contributed by atoms with Crippen LogP contribution in [-0.2, 0) is 4.57 Å². The molecule has 1 atom stereocenters. The second kappa shape index (κ2) is 2.66. The first kappa shape index (κ1) is 8.27. The molecule has 0 bridgehead atoms. The predicted octanol–water partition coefficient (Wildman–Crippen LogP) is -0.437. The molecule has 1 unspecified atom stereocenters. The van der Waals surface area contributed by atoms with Crippen molar-refractivity contribution in [1.82, 2.24) is 0 Å². The summed E-state index contributed by atoms with van der Waals surface area (Å²) < 4.78 is 10.5. The van der Waals surface area contributed by atoms with Crippen LogP contribution in [0.5, 0.6) is 5.75 Å². The van der Waals surface area contributed by atoms with Crippen molar-refractivity contribution in [2.24, 2.45) is 0 Å². The maximum Gasteiger partial charge on any atom is 0.166 e. The summed E-state index contributed by atoms with van der Waals surface area (Å²) in [6.07, 6.45) is 0. The van der Waals surface area contributed by atoms with Crippen LogP contribution in [0.2, 0.25) is 0 Å². The Labute approximate surface area is 63.3 Å². The Morgan fingerprint density at radius 3 is 2.27 bits per heavy atom. The van der Waals surface area contributed by atoms with E-state index in [0.717, 1.165) is 6.07 Å². The summed E-state index contributed by atoms with van der Waals surface area (Å²) in [7, 11) is -4.56. The van der Waals surface area contributed by atoms with Crippen LogP contribution in [0.3, 0.4) is 0 Å². The first-order chi connectivity index (χ1) is 5.02. The zero-order valence-electron chi connectivity index (χ0n) is 5.47. The number of phenols is 1. The summed E-state index contributed by atoms with van der Waals surface area (Å²) in [6, 6.07) is 5.20. The van der Waals surface area contributed by atoms with Crippen molar-refractivity contribution >= 4 is 12.9 Å². The molecule has 2 N–H and O–H groups in total. The van der Waals surface area contributed by atoms with Gasteiger partial charge in [-0.2, -0.15) is 0 Å². The van der Waals surface area contributed by atoms with Gasteiger partial charge in [0.1, 0.15) is 5.75 Å². The van der Waals surface area contributed by atoms with Crippen molar-refractivity contribution in [2.45, 2.75) is 0 Å². The van der Waals surface area contributed by atoms with Gasteiger partial charge in [0.15, 0.2) is 7.60 Å². The van der Waals surface area contributed by atoms with Crippen molar-refractivity contribution in [3.63, 3.8) is 0 Å². The fraction of sp³-hybridized carbons (Fsp3) is 0. The number of hydrogen-bond acceptors (Lipinski definition) is 3. The SMILES string of the molecule is O=P([O-])(O)c1ccccc1O. The smallest absolute Gasteiger partial charge is 0.166 e. The molecule has 0 saturated heterocycles. The van der Waals surface area contributed by atoms with Crippen LogP contribution in [-0.4, -0.2) is 10.00 Å². The van der Waals surface area contributed by atoms with Crippen LogP contribution in [0.25, 0.3) is 0 Å². The van der Waals surface area contributed by atoms with Crippen molar-refractivity contribution < 1.29 is 19.5 Å². The lowest BCUT2D eigenvalue weighted by Crippen LogP contribution is -2.14. The Hall–Kier alpha value is -0.830. The quantitative estimate of drug-likeness (QED) is 0.564. The zero-order chi connectivity index (χ0) is 8.48. The van der Waals surface area contributed by atoms with Crippen molar-refractivity contribution in [3.8, 4) is 5.75 Å². The van der Waals surface area contributed by atoms with Crippen LogP contribution in [0.15, 0.2) is 24.3 Å². The molecule has 4 nitrogen and oxygen atoms in total. The fourth-order valence-electron chi connectivity index (χ4n) is 0.703. The second-order valence-electron chi connectivity index (χ2n) is 2.01. The van der Waals surface area contributed by atoms with Gasteiger partial charge in [0.25, 0.3) is 0 Å². The van der Waals surface area contributed by atoms with Crippen LogP contribution < -0.4 is 10.2 Å². The molecule has 0 aliphatic heterocycles. The number of para-hydroxylation sites is 1. The predicted molar refractivity (Wildman–Crippen MR) is 37.6 cm³/mol. The van der Waals surface area contributed by atoms with E-state index in [4.69, 9.17) is 10.00 Å². The molecule has 0 aliphatic rings. The summed E-state index contributed by atoms with van der Waals surface area (Å²) in [4.78, 5) is 19.0. The average Bonchev–Trinajstić information content (AvgIpc) is 1.86. The van der Waals surface area contributed by atoms with Crippen molar-refractivity contribution in [1.29, 1.82) is 0 Å². The summed E-state index contributed by atoms with van der Waals surface area (Å²) in [6.45, 7) is 0. The maximum atomic E-state index is 10.5. The molecular formula is C6H6O4P-. The van der Waals surface area contributed by atoms with Gasteiger partial charge < -0.3 is 19.5 Å². The average molecular weight is 173 g/mol. The fourth-order valence-corrected chi connectivity index (χ4v) is 1.34. The van der Waals surface area contributed by atoms with E-state index in [2.05, 4.69) is 0 Å². The minimum atomic E-state index is -4.56. The van der Waals surface area contributed by atoms with Gasteiger partial charge in [-0.15, -0.1) is 0 Å². The Morgan fingerprint density at radius 1 is 1.36 bits per heavy atom. The molecule has 0 radical (unpaired) electrons. The standard InChI is InChI=1S/C6H7O4P/c7-5-3-1-2-4-6(5)11(8,9)10/h1-4,7H,(H2,8,9,10)/p-1. The van der Waals surface area contributed by atoms with E-state index in [1.165, 1.54) is 18.2 Å². The molecule has 0 amide bonds. The number of rotatable bonds is 1. The molecule has 5 heteroatoms. The number of phenolic OH excluding ortho intramolecular Hbond substituents is 1. The molecule has 0 saturated carbocycles. The highest BCUT2D eigenvalue weighted by Gasteiger charge is 2.09. The lowest BCUT2D eigenvalue weighted by molar-refractivity contribution is -0.188. The Kier molecular flexibility index (Phi) is 2.00. The minimum Gasteiger partial charge on any atom is -0.775 e. The van der Waals surface area contributed by atoms with Crippen LogP contribution in [0, 0.1) is 0 Å². The van der Waals surface area contributed by atoms with Gasteiger partial charge in [-0.1, -0.05) is 12.1 Å². The summed E-state index contributed by atoms with van der Waals surface area (Å²) >= 11 is 0. The van der Waals surface area contributed by atoms with E-state index >= 15 is 0 Å². The van der Waals surface area contributed by atoms with Crippen molar-refractivity contribution in [2.75, 3.05) is 0 Å². The molecular weight excluding hydrogens is 167 g/mol. The Balaban J connectivity index is 3.25. The minimum absolute atomic E-state index is 0.437. The molecule has 1 rings (SSSR count). The zero-order valence-corrected chi connectivity index (χ0v) is 6.36. The third kappa shape index (κ3) is 1.80. The van der Waals surface area contributed by atoms with Gasteiger partial charge in [0.05, 0.1) is 5.30 Å². The lowest BCUT2D eigenvalue weighted by atomic mass is 10.3. The number of benzene rings is 1. The summed E-state index contributed by atoms with van der Waals surface area (Å²) in [5.41, 5.74) is 0. The largest absolute Gasteiger partial charge is 0.775 e. The van der Waals surface area contributed by atoms with Gasteiger partial charge in [-0.05, 0) is 12.1 Å². The highest BCUT2D eigenvalue weighted by Crippen LogP contribution is 2.31. The van der Waals surface area contributed by atoms with Gasteiger partial charge in [-0.3, -0.25) is 0 Å². The molecule has 0 aliphatic carbocycles. The van der Waals surface area contributed by atoms with E-state index in [1.807, 2.05) is 0 Å². The maximum absolute atomic E-state index is 10.5. The van der Waals surface area contributed by atoms with E-state index < -0.39 is 18.6 Å². The Morgan fingerprint density at radius 2 is 1.91 bits per heavy atom. The van der Waals surface area contributed by atoms with Gasteiger partial charge in [0, 0.05) is 0 Å². The molecule has 1 aromatic carbocycles. The molecule has 11 heavy (non-hydrogen) atoms. The monoisotopic (exact) mass is 173 g/mol. The molecule has 0 aromatic heterocycles. The number of hydrogen-bond donors (Lipinski definition) is 2. The highest BCUT2D eigenvalue weighted by molar-refractivity contribution is 7.59. The normalized spacial score (nSPS) is 15.8. The van der Waals surface area contributed by atoms with E-state index in [1.54, 1.807) is 0 Å². The van der Waals surface area contributed by atoms with E-state index in [9.17, 15) is 9.46 Å². The molecule has 0 fully saturated rings. The first-order valence-corrected chi connectivity index (χ1v) is 4.42. The van der Waals surface area contributed by atoms with Gasteiger partial charge in [0.2, 0.25) is 0 Å². The third-order valence-electron chi connectivity index (χ3n) is 1.19. The molecule has 0 spiro atoms. The van der Waals surface area contributed by atoms with Gasteiger partial charge >= 0.3 is 0 Å². The topological polar surface area (TPSA) is 80.6 Å². The van der Waals surface area contributed by atoms with Crippen LogP contribution in [0.4, 0.5) is 0 Å². The van der Waals surface area contributed by atoms with E-state index in [-0.39, 0.29) is 0 Å². The van der Waals surface area contributed by atoms with Crippen LogP contribution >= 0.6 is 7.60 Å². The Bertz CT molecular complexity index is 303. The third-order valence-corrected chi connectivity index (χ3v) is 2.17. The number of aromatic hydroxyl groups is 1. The molecule has 0 heterocycles. The van der Waals surface area contributed by atoms with E-state index in [0.29, 0.717) is 0 Å². The molecule has 60 valence electrons. The lowest BCUT2D eigenvalue weighted by Gasteiger charge is -2.16. The summed E-state index contributed by atoms with van der Waals surface area (Å²) in [5, 5.41) is 8.47. The van der Waals surface area contributed by atoms with Gasteiger partial charge in [-0.25, -0.2) is 0 Å². The highest BCUT2D eigenvalue weighted by atomic mass is 31.2. The molecule has 1 aromatic rings. The summed E-state index contributed by atoms with van der Waals surface area (Å²) in [5.74, 6) is -0.437. The second-order valence-corrected chi connectivity index (χ2v) is 3.53. The van der Waals surface area contributed by atoms with Crippen LogP contribution in [0.1, 0.15) is 0 Å². The first-order valence-electron chi connectivity index (χ1n) is 2.84. The van der Waals surface area contributed by atoms with Crippen molar-refractivity contribution in [3.05, 3.63) is 24.3 Å².